The van der Waals surface area contributed by atoms with Crippen molar-refractivity contribution in [3.05, 3.63) is 190 Å². The first-order chi connectivity index (χ1) is 28.1. The van der Waals surface area contributed by atoms with E-state index in [1.54, 1.807) is 0 Å². The fourth-order valence-corrected chi connectivity index (χ4v) is 7.12. The van der Waals surface area contributed by atoms with E-state index < -0.39 is 0 Å². The summed E-state index contributed by atoms with van der Waals surface area (Å²) in [5.41, 5.74) is 6.21. The third-order valence-electron chi connectivity index (χ3n) is 10.3. The van der Waals surface area contributed by atoms with Crippen molar-refractivity contribution in [2.45, 2.75) is 72.5 Å². The molecule has 57 heavy (non-hydrogen) atoms. The van der Waals surface area contributed by atoms with Gasteiger partial charge in [-0.15, -0.1) is 0 Å². The average molecular weight is 758 g/mol. The van der Waals surface area contributed by atoms with Crippen LogP contribution in [0.5, 0.6) is 23.0 Å². The first-order valence-corrected chi connectivity index (χ1v) is 20.1. The summed E-state index contributed by atoms with van der Waals surface area (Å²) in [7, 11) is 0. The monoisotopic (exact) mass is 757 g/mol. The Balaban J connectivity index is 1.41. The SMILES string of the molecule is CCCCC(CC)Cn1c(-c2ccc(OCc3ccccc3)cc2)c(OCc2ccccc2)c(=O)c2c(OCc3ccccc3)cc(OCc3ccccc3)cc21. The first kappa shape index (κ1) is 39.0. The lowest BCUT2D eigenvalue weighted by Crippen LogP contribution is -2.21. The molecule has 290 valence electrons. The Morgan fingerprint density at radius 1 is 0.544 bits per heavy atom. The van der Waals surface area contributed by atoms with Crippen molar-refractivity contribution in [3.63, 3.8) is 0 Å². The van der Waals surface area contributed by atoms with Crippen LogP contribution in [0.15, 0.2) is 163 Å². The highest BCUT2D eigenvalue weighted by molar-refractivity contribution is 5.92. The number of ether oxygens (including phenoxy) is 4. The van der Waals surface area contributed by atoms with E-state index in [1.165, 1.54) is 0 Å². The van der Waals surface area contributed by atoms with Gasteiger partial charge >= 0.3 is 0 Å². The van der Waals surface area contributed by atoms with Crippen LogP contribution >= 0.6 is 0 Å². The van der Waals surface area contributed by atoms with Crippen molar-refractivity contribution in [2.75, 3.05) is 0 Å². The number of hydrogen-bond donors (Lipinski definition) is 0. The van der Waals surface area contributed by atoms with Crippen molar-refractivity contribution in [3.8, 4) is 34.3 Å². The number of unbranched alkanes of at least 4 members (excludes halogenated alkanes) is 1. The number of aromatic nitrogens is 1. The molecule has 1 unspecified atom stereocenters. The predicted molar refractivity (Wildman–Crippen MR) is 230 cm³/mol. The van der Waals surface area contributed by atoms with Gasteiger partial charge in [0, 0.05) is 24.2 Å². The number of benzene rings is 6. The lowest BCUT2D eigenvalue weighted by Gasteiger charge is -2.26. The highest BCUT2D eigenvalue weighted by Crippen LogP contribution is 2.39. The van der Waals surface area contributed by atoms with Crippen LogP contribution in [0.1, 0.15) is 61.8 Å². The lowest BCUT2D eigenvalue weighted by molar-refractivity contribution is 0.290. The van der Waals surface area contributed by atoms with Crippen LogP contribution in [0.2, 0.25) is 0 Å². The molecule has 0 saturated carbocycles. The van der Waals surface area contributed by atoms with Crippen LogP contribution in [-0.2, 0) is 33.0 Å². The summed E-state index contributed by atoms with van der Waals surface area (Å²) in [6.45, 7) is 6.51. The van der Waals surface area contributed by atoms with Crippen LogP contribution in [0.3, 0.4) is 0 Å². The van der Waals surface area contributed by atoms with Gasteiger partial charge in [-0.25, -0.2) is 0 Å². The second kappa shape index (κ2) is 19.5. The highest BCUT2D eigenvalue weighted by atomic mass is 16.5. The van der Waals surface area contributed by atoms with Crippen molar-refractivity contribution < 1.29 is 18.9 Å². The maximum absolute atomic E-state index is 15.2. The van der Waals surface area contributed by atoms with Gasteiger partial charge < -0.3 is 23.5 Å². The van der Waals surface area contributed by atoms with E-state index in [1.807, 2.05) is 146 Å². The number of pyridine rings is 1. The molecule has 0 spiro atoms. The molecule has 6 aromatic carbocycles. The van der Waals surface area contributed by atoms with E-state index in [2.05, 4.69) is 30.5 Å². The lowest BCUT2D eigenvalue weighted by atomic mass is 9.97. The fourth-order valence-electron chi connectivity index (χ4n) is 7.12. The third-order valence-corrected chi connectivity index (χ3v) is 10.3. The van der Waals surface area contributed by atoms with Gasteiger partial charge in [0.05, 0.1) is 16.6 Å². The summed E-state index contributed by atoms with van der Waals surface area (Å²) in [6.07, 6.45) is 4.28. The Kier molecular flexibility index (Phi) is 13.4. The van der Waals surface area contributed by atoms with Crippen LogP contribution < -0.4 is 24.4 Å². The molecule has 0 aliphatic carbocycles. The first-order valence-electron chi connectivity index (χ1n) is 20.1. The van der Waals surface area contributed by atoms with E-state index >= 15 is 4.79 Å². The topological polar surface area (TPSA) is 58.9 Å². The van der Waals surface area contributed by atoms with Crippen molar-refractivity contribution >= 4 is 10.9 Å². The highest BCUT2D eigenvalue weighted by Gasteiger charge is 2.25. The Morgan fingerprint density at radius 3 is 1.54 bits per heavy atom. The maximum Gasteiger partial charge on any atom is 0.235 e. The molecule has 0 aliphatic rings. The van der Waals surface area contributed by atoms with Gasteiger partial charge in [0.2, 0.25) is 5.43 Å². The molecule has 0 amide bonds. The average Bonchev–Trinajstić information content (AvgIpc) is 3.27. The fraction of sp³-hybridized carbons (Fsp3) is 0.235. The minimum absolute atomic E-state index is 0.226. The maximum atomic E-state index is 15.2. The molecule has 1 aromatic heterocycles. The molecule has 6 heteroatoms. The van der Waals surface area contributed by atoms with Gasteiger partial charge in [0.1, 0.15) is 43.7 Å². The zero-order valence-electron chi connectivity index (χ0n) is 32.9. The van der Waals surface area contributed by atoms with Crippen LogP contribution in [0.25, 0.3) is 22.2 Å². The summed E-state index contributed by atoms with van der Waals surface area (Å²) >= 11 is 0. The largest absolute Gasteiger partial charge is 0.489 e. The van der Waals surface area contributed by atoms with E-state index in [-0.39, 0.29) is 24.4 Å². The van der Waals surface area contributed by atoms with Gasteiger partial charge in [0.25, 0.3) is 0 Å². The Hall–Kier alpha value is -6.27. The zero-order chi connectivity index (χ0) is 39.2. The zero-order valence-corrected chi connectivity index (χ0v) is 32.9. The van der Waals surface area contributed by atoms with Crippen molar-refractivity contribution in [1.82, 2.24) is 4.57 Å². The summed E-state index contributed by atoms with van der Waals surface area (Å²) in [5.74, 6) is 2.47. The molecule has 0 fully saturated rings. The molecule has 0 bridgehead atoms. The smallest absolute Gasteiger partial charge is 0.235 e. The van der Waals surface area contributed by atoms with E-state index in [9.17, 15) is 0 Å². The minimum Gasteiger partial charge on any atom is -0.489 e. The molecule has 0 aliphatic heterocycles. The van der Waals surface area contributed by atoms with Gasteiger partial charge in [-0.2, -0.15) is 0 Å². The van der Waals surface area contributed by atoms with Crippen LogP contribution in [-0.4, -0.2) is 4.57 Å². The Bertz CT molecular complexity index is 2360. The molecule has 1 atom stereocenters. The van der Waals surface area contributed by atoms with Crippen molar-refractivity contribution in [1.29, 1.82) is 0 Å². The molecular formula is C51H51NO5. The molecule has 7 rings (SSSR count). The Morgan fingerprint density at radius 2 is 1.04 bits per heavy atom. The summed E-state index contributed by atoms with van der Waals surface area (Å²) in [6, 6.07) is 52.1. The molecule has 0 saturated heterocycles. The number of fused-ring (bicyclic) bond motifs is 1. The summed E-state index contributed by atoms with van der Waals surface area (Å²) < 4.78 is 28.3. The van der Waals surface area contributed by atoms with Gasteiger partial charge in [-0.1, -0.05) is 154 Å². The minimum atomic E-state index is -0.226. The van der Waals surface area contributed by atoms with Crippen LogP contribution in [0, 0.1) is 5.92 Å². The predicted octanol–water partition coefficient (Wildman–Crippen LogP) is 12.2. The van der Waals surface area contributed by atoms with Crippen molar-refractivity contribution in [2.24, 2.45) is 5.92 Å². The molecular weight excluding hydrogens is 707 g/mol. The van der Waals surface area contributed by atoms with Crippen LogP contribution in [0.4, 0.5) is 0 Å². The number of rotatable bonds is 19. The standard InChI is InChI=1S/C51H51NO5/c1-3-5-18-38(4-2)33-52-46-31-45(55-35-40-21-12-7-13-22-40)32-47(56-36-41-23-14-8-15-24-41)48(46)50(53)51(57-37-42-25-16-9-17-26-42)49(52)43-27-29-44(30-28-43)54-34-39-19-10-6-11-20-39/h6-17,19-32,38H,3-5,18,33-37H2,1-2H3. The quantitative estimate of drug-likeness (QED) is 0.0822. The van der Waals surface area contributed by atoms with Gasteiger partial charge in [-0.3, -0.25) is 4.79 Å². The second-order valence-corrected chi connectivity index (χ2v) is 14.5. The molecule has 6 nitrogen and oxygen atoms in total. The van der Waals surface area contributed by atoms with E-state index in [0.717, 1.165) is 70.5 Å². The Labute approximate surface area is 336 Å². The molecule has 0 radical (unpaired) electrons. The number of nitrogens with zero attached hydrogens (tertiary/aromatic N) is 1. The van der Waals surface area contributed by atoms with E-state index in [0.29, 0.717) is 42.6 Å². The summed E-state index contributed by atoms with van der Waals surface area (Å²) in [4.78, 5) is 15.2. The molecule has 1 heterocycles. The molecule has 7 aromatic rings. The third kappa shape index (κ3) is 10.1. The van der Waals surface area contributed by atoms with Gasteiger partial charge in [-0.05, 0) is 58.9 Å². The second-order valence-electron chi connectivity index (χ2n) is 14.5. The van der Waals surface area contributed by atoms with Gasteiger partial charge in [0.15, 0.2) is 5.75 Å². The molecule has 0 N–H and O–H groups in total. The number of hydrogen-bond acceptors (Lipinski definition) is 5. The normalized spacial score (nSPS) is 11.6. The van der Waals surface area contributed by atoms with E-state index in [4.69, 9.17) is 18.9 Å². The summed E-state index contributed by atoms with van der Waals surface area (Å²) in [5, 5.41) is 0.470.